The molecule has 5 nitrogen and oxygen atoms in total. The smallest absolute Gasteiger partial charge is 0.326 e. The molecule has 120 valence electrons. The molecule has 1 rings (SSSR count). The first kappa shape index (κ1) is 17.8. The SMILES string of the molecule is C=CCCC(NC(=O)C(CC)Oc1cccc(C)c1)C(=O)O. The minimum Gasteiger partial charge on any atom is -0.481 e. The number of carboxylic acid groups (broad SMARTS) is 1. The molecule has 2 unspecified atom stereocenters. The van der Waals surface area contributed by atoms with Gasteiger partial charge in [-0.15, -0.1) is 6.58 Å². The van der Waals surface area contributed by atoms with Gasteiger partial charge in [0.2, 0.25) is 0 Å². The molecule has 0 saturated carbocycles. The molecule has 0 aromatic heterocycles. The molecule has 0 spiro atoms. The largest absolute Gasteiger partial charge is 0.481 e. The van der Waals surface area contributed by atoms with Gasteiger partial charge >= 0.3 is 5.97 Å². The fourth-order valence-electron chi connectivity index (χ4n) is 1.98. The summed E-state index contributed by atoms with van der Waals surface area (Å²) in [5.74, 6) is -0.874. The Bertz CT molecular complexity index is 527. The van der Waals surface area contributed by atoms with Gasteiger partial charge < -0.3 is 15.2 Å². The Morgan fingerprint density at radius 1 is 1.45 bits per heavy atom. The van der Waals surface area contributed by atoms with Crippen molar-refractivity contribution in [3.8, 4) is 5.75 Å². The number of hydrogen-bond donors (Lipinski definition) is 2. The molecule has 0 fully saturated rings. The molecule has 0 saturated heterocycles. The van der Waals surface area contributed by atoms with Crippen molar-refractivity contribution in [1.82, 2.24) is 5.32 Å². The average Bonchev–Trinajstić information content (AvgIpc) is 2.48. The first-order chi connectivity index (χ1) is 10.5. The van der Waals surface area contributed by atoms with Gasteiger partial charge in [-0.2, -0.15) is 0 Å². The highest BCUT2D eigenvalue weighted by atomic mass is 16.5. The molecule has 5 heteroatoms. The van der Waals surface area contributed by atoms with E-state index in [1.54, 1.807) is 12.1 Å². The Morgan fingerprint density at radius 2 is 2.18 bits per heavy atom. The van der Waals surface area contributed by atoms with Crippen LogP contribution in [0.1, 0.15) is 31.7 Å². The Hall–Kier alpha value is -2.30. The fraction of sp³-hybridized carbons (Fsp3) is 0.412. The predicted octanol–water partition coefficient (Wildman–Crippen LogP) is 2.69. The lowest BCUT2D eigenvalue weighted by Crippen LogP contribution is -2.47. The van der Waals surface area contributed by atoms with Gasteiger partial charge in [0.05, 0.1) is 0 Å². The van der Waals surface area contributed by atoms with Crippen molar-refractivity contribution in [2.75, 3.05) is 0 Å². The lowest BCUT2D eigenvalue weighted by atomic mass is 10.1. The molecule has 0 radical (unpaired) electrons. The predicted molar refractivity (Wildman–Crippen MR) is 84.9 cm³/mol. The van der Waals surface area contributed by atoms with Gasteiger partial charge in [0.15, 0.2) is 6.10 Å². The quantitative estimate of drug-likeness (QED) is 0.688. The molecule has 2 N–H and O–H groups in total. The highest BCUT2D eigenvalue weighted by Crippen LogP contribution is 2.15. The molecular weight excluding hydrogens is 282 g/mol. The van der Waals surface area contributed by atoms with Crippen molar-refractivity contribution in [2.45, 2.75) is 45.3 Å². The van der Waals surface area contributed by atoms with Gasteiger partial charge in [-0.25, -0.2) is 4.79 Å². The molecule has 2 atom stereocenters. The van der Waals surface area contributed by atoms with Crippen LogP contribution in [0.4, 0.5) is 0 Å². The number of carbonyl (C=O) groups excluding carboxylic acids is 1. The summed E-state index contributed by atoms with van der Waals surface area (Å²) >= 11 is 0. The highest BCUT2D eigenvalue weighted by Gasteiger charge is 2.25. The number of aryl methyl sites for hydroxylation is 1. The second-order valence-electron chi connectivity index (χ2n) is 5.10. The van der Waals surface area contributed by atoms with E-state index < -0.39 is 24.0 Å². The van der Waals surface area contributed by atoms with Gasteiger partial charge in [0, 0.05) is 0 Å². The molecule has 1 aromatic carbocycles. The van der Waals surface area contributed by atoms with Crippen molar-refractivity contribution in [3.05, 3.63) is 42.5 Å². The third-order valence-electron chi connectivity index (χ3n) is 3.21. The molecule has 0 bridgehead atoms. The number of nitrogens with one attached hydrogen (secondary N) is 1. The first-order valence-electron chi connectivity index (χ1n) is 7.35. The van der Waals surface area contributed by atoms with E-state index in [1.807, 2.05) is 32.0 Å². The van der Waals surface area contributed by atoms with Crippen molar-refractivity contribution in [1.29, 1.82) is 0 Å². The van der Waals surface area contributed by atoms with Crippen LogP contribution in [0.3, 0.4) is 0 Å². The van der Waals surface area contributed by atoms with E-state index in [4.69, 9.17) is 9.84 Å². The molecule has 0 heterocycles. The van der Waals surface area contributed by atoms with E-state index in [1.165, 1.54) is 0 Å². The summed E-state index contributed by atoms with van der Waals surface area (Å²) < 4.78 is 5.67. The summed E-state index contributed by atoms with van der Waals surface area (Å²) in [5, 5.41) is 11.7. The van der Waals surface area contributed by atoms with E-state index in [2.05, 4.69) is 11.9 Å². The van der Waals surface area contributed by atoms with Crippen molar-refractivity contribution >= 4 is 11.9 Å². The normalized spacial score (nSPS) is 13.0. The second-order valence-corrected chi connectivity index (χ2v) is 5.10. The van der Waals surface area contributed by atoms with Crippen LogP contribution in [0.5, 0.6) is 5.75 Å². The van der Waals surface area contributed by atoms with Gasteiger partial charge in [-0.3, -0.25) is 4.79 Å². The maximum absolute atomic E-state index is 12.2. The van der Waals surface area contributed by atoms with Gasteiger partial charge in [-0.05, 0) is 43.9 Å². The first-order valence-corrected chi connectivity index (χ1v) is 7.35. The van der Waals surface area contributed by atoms with Gasteiger partial charge in [0.1, 0.15) is 11.8 Å². The summed E-state index contributed by atoms with van der Waals surface area (Å²) in [6.07, 6.45) is 2.20. The number of ether oxygens (including phenoxy) is 1. The van der Waals surface area contributed by atoms with Crippen LogP contribution in [-0.2, 0) is 9.59 Å². The van der Waals surface area contributed by atoms with Crippen molar-refractivity contribution in [2.24, 2.45) is 0 Å². The Labute approximate surface area is 131 Å². The third kappa shape index (κ3) is 5.60. The van der Waals surface area contributed by atoms with E-state index in [0.29, 0.717) is 25.0 Å². The van der Waals surface area contributed by atoms with Crippen molar-refractivity contribution < 1.29 is 19.4 Å². The zero-order chi connectivity index (χ0) is 16.5. The highest BCUT2D eigenvalue weighted by molar-refractivity contribution is 5.86. The lowest BCUT2D eigenvalue weighted by molar-refractivity contribution is -0.143. The number of benzene rings is 1. The van der Waals surface area contributed by atoms with E-state index in [0.717, 1.165) is 5.56 Å². The fourth-order valence-corrected chi connectivity index (χ4v) is 1.98. The minimum atomic E-state index is -1.05. The molecule has 0 aliphatic rings. The maximum atomic E-state index is 12.2. The molecule has 0 aliphatic carbocycles. The summed E-state index contributed by atoms with van der Waals surface area (Å²) in [5.41, 5.74) is 1.03. The minimum absolute atomic E-state index is 0.311. The standard InChI is InChI=1S/C17H23NO4/c1-4-6-10-14(17(20)21)18-16(19)15(5-2)22-13-9-7-8-12(3)11-13/h4,7-9,11,14-15H,1,5-6,10H2,2-3H3,(H,18,19)(H,20,21). The summed E-state index contributed by atoms with van der Waals surface area (Å²) in [7, 11) is 0. The Morgan fingerprint density at radius 3 is 2.73 bits per heavy atom. The number of hydrogen-bond acceptors (Lipinski definition) is 3. The number of aliphatic carboxylic acids is 1. The van der Waals surface area contributed by atoms with Crippen LogP contribution >= 0.6 is 0 Å². The summed E-state index contributed by atoms with van der Waals surface area (Å²) in [6, 6.07) is 6.46. The van der Waals surface area contributed by atoms with E-state index in [-0.39, 0.29) is 0 Å². The number of rotatable bonds is 9. The monoisotopic (exact) mass is 305 g/mol. The number of amides is 1. The number of carbonyl (C=O) groups is 2. The topological polar surface area (TPSA) is 75.6 Å². The van der Waals surface area contributed by atoms with E-state index >= 15 is 0 Å². The molecule has 1 amide bonds. The third-order valence-corrected chi connectivity index (χ3v) is 3.21. The number of allylic oxidation sites excluding steroid dienone is 1. The zero-order valence-electron chi connectivity index (χ0n) is 13.0. The van der Waals surface area contributed by atoms with Gasteiger partial charge in [-0.1, -0.05) is 25.1 Å². The lowest BCUT2D eigenvalue weighted by Gasteiger charge is -2.20. The van der Waals surface area contributed by atoms with Crippen LogP contribution < -0.4 is 10.1 Å². The maximum Gasteiger partial charge on any atom is 0.326 e. The van der Waals surface area contributed by atoms with Gasteiger partial charge in [0.25, 0.3) is 5.91 Å². The van der Waals surface area contributed by atoms with Crippen LogP contribution in [0, 0.1) is 6.92 Å². The van der Waals surface area contributed by atoms with Crippen LogP contribution in [0.2, 0.25) is 0 Å². The zero-order valence-corrected chi connectivity index (χ0v) is 13.0. The van der Waals surface area contributed by atoms with Crippen LogP contribution in [-0.4, -0.2) is 29.1 Å². The molecule has 1 aromatic rings. The molecular formula is C17H23NO4. The number of carboxylic acids is 1. The molecule has 0 aliphatic heterocycles. The van der Waals surface area contributed by atoms with Crippen LogP contribution in [0.15, 0.2) is 36.9 Å². The Balaban J connectivity index is 2.70. The van der Waals surface area contributed by atoms with E-state index in [9.17, 15) is 9.59 Å². The molecule has 22 heavy (non-hydrogen) atoms. The average molecular weight is 305 g/mol. The van der Waals surface area contributed by atoms with Crippen molar-refractivity contribution in [3.63, 3.8) is 0 Å². The van der Waals surface area contributed by atoms with Crippen LogP contribution in [0.25, 0.3) is 0 Å². The Kier molecular flexibility index (Phi) is 7.16. The second kappa shape index (κ2) is 8.87. The summed E-state index contributed by atoms with van der Waals surface area (Å²) in [6.45, 7) is 7.31. The summed E-state index contributed by atoms with van der Waals surface area (Å²) in [4.78, 5) is 23.4.